The first-order valence-electron chi connectivity index (χ1n) is 6.78. The summed E-state index contributed by atoms with van der Waals surface area (Å²) in [5.41, 5.74) is 1.11. The van der Waals surface area contributed by atoms with Crippen molar-refractivity contribution >= 4 is 27.5 Å². The smallest absolute Gasteiger partial charge is 0.146 e. The molecule has 1 aliphatic carbocycles. The van der Waals surface area contributed by atoms with Gasteiger partial charge in [0.15, 0.2) is 0 Å². The number of aryl methyl sites for hydroxylation is 1. The Morgan fingerprint density at radius 2 is 1.85 bits per heavy atom. The Morgan fingerprint density at radius 1 is 1.25 bits per heavy atom. The second kappa shape index (κ2) is 5.68. The largest absolute Gasteiger partial charge is 0.496 e. The van der Waals surface area contributed by atoms with Gasteiger partial charge in [0.1, 0.15) is 17.3 Å². The Labute approximate surface area is 127 Å². The third-order valence-corrected chi connectivity index (χ3v) is 4.88. The molecule has 1 fully saturated rings. The number of ether oxygens (including phenoxy) is 1. The molecule has 1 aliphatic rings. The molecule has 4 heteroatoms. The van der Waals surface area contributed by atoms with E-state index in [4.69, 9.17) is 4.74 Å². The molecule has 1 saturated carbocycles. The van der Waals surface area contributed by atoms with Crippen LogP contribution in [0.1, 0.15) is 37.3 Å². The number of Topliss-reactive ketones (excluding diaryl/α,β-unsaturated/α-hetero) is 2. The van der Waals surface area contributed by atoms with Gasteiger partial charge in [-0.2, -0.15) is 0 Å². The van der Waals surface area contributed by atoms with Crippen LogP contribution in [0, 0.1) is 12.3 Å². The van der Waals surface area contributed by atoms with E-state index in [9.17, 15) is 9.59 Å². The highest BCUT2D eigenvalue weighted by Crippen LogP contribution is 2.37. The first-order valence-corrected chi connectivity index (χ1v) is 7.57. The minimum atomic E-state index is -0.873. The zero-order chi connectivity index (χ0) is 14.9. The summed E-state index contributed by atoms with van der Waals surface area (Å²) < 4.78 is 6.16. The molecule has 1 aromatic rings. The molecule has 108 valence electrons. The highest BCUT2D eigenvalue weighted by atomic mass is 79.9. The van der Waals surface area contributed by atoms with Crippen LogP contribution in [0.3, 0.4) is 0 Å². The number of ketones is 2. The van der Waals surface area contributed by atoms with E-state index < -0.39 is 5.41 Å². The van der Waals surface area contributed by atoms with Gasteiger partial charge in [-0.1, -0.05) is 22.0 Å². The van der Waals surface area contributed by atoms with Gasteiger partial charge >= 0.3 is 0 Å². The first-order chi connectivity index (χ1) is 9.38. The maximum absolute atomic E-state index is 12.2. The van der Waals surface area contributed by atoms with Gasteiger partial charge in [0.2, 0.25) is 0 Å². The van der Waals surface area contributed by atoms with Gasteiger partial charge in [0.25, 0.3) is 0 Å². The quantitative estimate of drug-likeness (QED) is 0.790. The lowest BCUT2D eigenvalue weighted by Crippen LogP contribution is -2.41. The highest BCUT2D eigenvalue weighted by molar-refractivity contribution is 9.10. The summed E-state index contributed by atoms with van der Waals surface area (Å²) >= 11 is 3.51. The van der Waals surface area contributed by atoms with Crippen LogP contribution in [0.5, 0.6) is 5.75 Å². The monoisotopic (exact) mass is 338 g/mol. The van der Waals surface area contributed by atoms with Crippen LogP contribution in [0.2, 0.25) is 0 Å². The summed E-state index contributed by atoms with van der Waals surface area (Å²) in [6.45, 7) is 3.74. The normalized spacial score (nSPS) is 18.2. The molecule has 0 saturated heterocycles. The van der Waals surface area contributed by atoms with Gasteiger partial charge in [0, 0.05) is 17.3 Å². The molecule has 0 atom stereocenters. The van der Waals surface area contributed by atoms with Crippen LogP contribution in [0.15, 0.2) is 16.6 Å². The molecule has 0 amide bonds. The van der Waals surface area contributed by atoms with Crippen molar-refractivity contribution in [2.24, 2.45) is 5.41 Å². The third kappa shape index (κ3) is 2.66. The average molecular weight is 339 g/mol. The van der Waals surface area contributed by atoms with Crippen LogP contribution >= 0.6 is 15.9 Å². The number of rotatable bonds is 3. The van der Waals surface area contributed by atoms with Crippen LogP contribution in [0.4, 0.5) is 0 Å². The molecule has 3 nitrogen and oxygen atoms in total. The predicted octanol–water partition coefficient (Wildman–Crippen LogP) is 3.64. The van der Waals surface area contributed by atoms with E-state index in [1.807, 2.05) is 19.1 Å². The summed E-state index contributed by atoms with van der Waals surface area (Å²) in [6, 6.07) is 3.88. The van der Waals surface area contributed by atoms with Gasteiger partial charge < -0.3 is 4.74 Å². The molecule has 1 aromatic carbocycles. The Balaban J connectivity index is 2.36. The predicted molar refractivity (Wildman–Crippen MR) is 81.1 cm³/mol. The van der Waals surface area contributed by atoms with Crippen molar-refractivity contribution in [3.8, 4) is 5.75 Å². The minimum absolute atomic E-state index is 0.0640. The van der Waals surface area contributed by atoms with E-state index >= 15 is 0 Å². The van der Waals surface area contributed by atoms with Crippen LogP contribution in [-0.4, -0.2) is 18.7 Å². The maximum atomic E-state index is 12.2. The lowest BCUT2D eigenvalue weighted by Gasteiger charge is -2.31. The SMILES string of the molecule is COc1cc(Br)c(CC2(C)C(=O)CCCC2=O)cc1C. The van der Waals surface area contributed by atoms with Crippen molar-refractivity contribution in [3.05, 3.63) is 27.7 Å². The molecule has 0 spiro atoms. The number of carbonyl (C=O) groups excluding carboxylic acids is 2. The Morgan fingerprint density at radius 3 is 2.40 bits per heavy atom. The van der Waals surface area contributed by atoms with Gasteiger partial charge in [-0.05, 0) is 43.9 Å². The maximum Gasteiger partial charge on any atom is 0.146 e. The van der Waals surface area contributed by atoms with Crippen molar-refractivity contribution in [1.82, 2.24) is 0 Å². The van der Waals surface area contributed by atoms with Crippen molar-refractivity contribution < 1.29 is 14.3 Å². The number of carbonyl (C=O) groups is 2. The van der Waals surface area contributed by atoms with Crippen molar-refractivity contribution in [2.75, 3.05) is 7.11 Å². The molecule has 0 radical (unpaired) electrons. The fourth-order valence-electron chi connectivity index (χ4n) is 2.77. The fourth-order valence-corrected chi connectivity index (χ4v) is 3.24. The Bertz CT molecular complexity index is 547. The highest BCUT2D eigenvalue weighted by Gasteiger charge is 2.42. The summed E-state index contributed by atoms with van der Waals surface area (Å²) in [6.07, 6.45) is 2.16. The lowest BCUT2D eigenvalue weighted by atomic mass is 9.70. The van der Waals surface area contributed by atoms with Crippen molar-refractivity contribution in [1.29, 1.82) is 0 Å². The molecule has 0 aliphatic heterocycles. The van der Waals surface area contributed by atoms with Gasteiger partial charge in [-0.15, -0.1) is 0 Å². The average Bonchev–Trinajstić information content (AvgIpc) is 2.40. The zero-order valence-electron chi connectivity index (χ0n) is 12.1. The minimum Gasteiger partial charge on any atom is -0.496 e. The van der Waals surface area contributed by atoms with E-state index in [1.165, 1.54) is 0 Å². The van der Waals surface area contributed by atoms with Crippen LogP contribution < -0.4 is 4.74 Å². The molecule has 0 aromatic heterocycles. The second-order valence-corrected chi connectivity index (χ2v) is 6.48. The van der Waals surface area contributed by atoms with Gasteiger partial charge in [-0.25, -0.2) is 0 Å². The molecule has 0 bridgehead atoms. The van der Waals surface area contributed by atoms with Crippen LogP contribution in [-0.2, 0) is 16.0 Å². The summed E-state index contributed by atoms with van der Waals surface area (Å²) in [4.78, 5) is 24.4. The van der Waals surface area contributed by atoms with Gasteiger partial charge in [-0.3, -0.25) is 9.59 Å². The van der Waals surface area contributed by atoms with Crippen molar-refractivity contribution in [2.45, 2.75) is 39.5 Å². The Hall–Kier alpha value is -1.16. The zero-order valence-corrected chi connectivity index (χ0v) is 13.7. The molecule has 0 N–H and O–H groups in total. The molecular formula is C16H19BrO3. The number of hydrogen-bond acceptors (Lipinski definition) is 3. The summed E-state index contributed by atoms with van der Waals surface area (Å²) in [5.74, 6) is 0.926. The van der Waals surface area contributed by atoms with Crippen molar-refractivity contribution in [3.63, 3.8) is 0 Å². The number of halogens is 1. The van der Waals surface area contributed by atoms with E-state index in [0.717, 1.165) is 21.3 Å². The topological polar surface area (TPSA) is 43.4 Å². The first kappa shape index (κ1) is 15.2. The van der Waals surface area contributed by atoms with E-state index in [1.54, 1.807) is 14.0 Å². The molecule has 2 rings (SSSR count). The van der Waals surface area contributed by atoms with E-state index in [2.05, 4.69) is 15.9 Å². The third-order valence-electron chi connectivity index (χ3n) is 4.15. The van der Waals surface area contributed by atoms with Crippen LogP contribution in [0.25, 0.3) is 0 Å². The standard InChI is InChI=1S/C16H19BrO3/c1-10-7-11(12(17)8-13(10)20-3)9-16(2)14(18)5-4-6-15(16)19/h7-8H,4-6,9H2,1-3H3. The molecule has 20 heavy (non-hydrogen) atoms. The summed E-state index contributed by atoms with van der Waals surface area (Å²) in [7, 11) is 1.63. The summed E-state index contributed by atoms with van der Waals surface area (Å²) in [5, 5.41) is 0. The number of methoxy groups -OCH3 is 1. The fraction of sp³-hybridized carbons (Fsp3) is 0.500. The number of hydrogen-bond donors (Lipinski definition) is 0. The number of benzene rings is 1. The molecule has 0 heterocycles. The second-order valence-electron chi connectivity index (χ2n) is 5.62. The van der Waals surface area contributed by atoms with Gasteiger partial charge in [0.05, 0.1) is 12.5 Å². The van der Waals surface area contributed by atoms with E-state index in [-0.39, 0.29) is 11.6 Å². The van der Waals surface area contributed by atoms with E-state index in [0.29, 0.717) is 25.7 Å². The Kier molecular flexibility index (Phi) is 4.33. The lowest BCUT2D eigenvalue weighted by molar-refractivity contribution is -0.142. The molecular weight excluding hydrogens is 320 g/mol. The molecule has 0 unspecified atom stereocenters.